The molecule has 0 aliphatic rings. The van der Waals surface area contributed by atoms with Gasteiger partial charge in [-0.1, -0.05) is 30.3 Å². The van der Waals surface area contributed by atoms with Crippen molar-refractivity contribution in [2.75, 3.05) is 24.3 Å². The highest BCUT2D eigenvalue weighted by atomic mass is 16.5. The molecule has 0 saturated heterocycles. The first-order valence-electron chi connectivity index (χ1n) is 7.98. The Labute approximate surface area is 146 Å². The molecular formula is C19H20N4O2. The lowest BCUT2D eigenvalue weighted by atomic mass is 10.2. The summed E-state index contributed by atoms with van der Waals surface area (Å²) >= 11 is 0. The van der Waals surface area contributed by atoms with E-state index in [0.717, 1.165) is 5.69 Å². The van der Waals surface area contributed by atoms with Crippen molar-refractivity contribution in [3.05, 3.63) is 60.9 Å². The maximum Gasteiger partial charge on any atom is 0.248 e. The minimum atomic E-state index is 0.295. The second-order valence-corrected chi connectivity index (χ2v) is 5.25. The molecule has 2 aromatic carbocycles. The summed E-state index contributed by atoms with van der Waals surface area (Å²) in [6.07, 6.45) is 1.45. The number of nitrogens with zero attached hydrogens (tertiary/aromatic N) is 3. The Bertz CT molecular complexity index is 840. The zero-order valence-corrected chi connectivity index (χ0v) is 14.2. The zero-order chi connectivity index (χ0) is 17.6. The number of rotatable bonds is 6. The molecule has 0 aliphatic carbocycles. The summed E-state index contributed by atoms with van der Waals surface area (Å²) in [5.74, 6) is 2.05. The van der Waals surface area contributed by atoms with Gasteiger partial charge >= 0.3 is 0 Å². The Balaban J connectivity index is 1.97. The van der Waals surface area contributed by atoms with Crippen LogP contribution in [0.1, 0.15) is 6.92 Å². The van der Waals surface area contributed by atoms with Gasteiger partial charge < -0.3 is 20.1 Å². The maximum absolute atomic E-state index is 6.30. The third kappa shape index (κ3) is 3.47. The molecule has 3 rings (SSSR count). The van der Waals surface area contributed by atoms with Crippen molar-refractivity contribution in [3.63, 3.8) is 0 Å². The normalized spacial score (nSPS) is 10.3. The highest BCUT2D eigenvalue weighted by Crippen LogP contribution is 2.37. The molecule has 0 spiro atoms. The van der Waals surface area contributed by atoms with Gasteiger partial charge in [-0.25, -0.2) is 4.98 Å². The van der Waals surface area contributed by atoms with E-state index in [9.17, 15) is 0 Å². The van der Waals surface area contributed by atoms with Gasteiger partial charge in [0.05, 0.1) is 7.11 Å². The van der Waals surface area contributed by atoms with E-state index in [-0.39, 0.29) is 0 Å². The molecule has 25 heavy (non-hydrogen) atoms. The fourth-order valence-electron chi connectivity index (χ4n) is 2.54. The summed E-state index contributed by atoms with van der Waals surface area (Å²) in [6, 6.07) is 17.3. The van der Waals surface area contributed by atoms with Crippen LogP contribution in [0.5, 0.6) is 17.4 Å². The van der Waals surface area contributed by atoms with E-state index >= 15 is 0 Å². The number of nitrogen functional groups attached to an aromatic ring is 1. The number of benzene rings is 2. The number of aromatic nitrogens is 2. The van der Waals surface area contributed by atoms with Gasteiger partial charge in [0, 0.05) is 12.2 Å². The van der Waals surface area contributed by atoms with E-state index in [4.69, 9.17) is 15.2 Å². The van der Waals surface area contributed by atoms with Crippen LogP contribution in [0.2, 0.25) is 0 Å². The largest absolute Gasteiger partial charge is 0.493 e. The number of ether oxygens (including phenoxy) is 2. The monoisotopic (exact) mass is 336 g/mol. The third-order valence-electron chi connectivity index (χ3n) is 3.74. The molecule has 3 aromatic rings. The lowest BCUT2D eigenvalue weighted by molar-refractivity contribution is 0.374. The van der Waals surface area contributed by atoms with Gasteiger partial charge in [-0.15, -0.1) is 0 Å². The standard InChI is InChI=1S/C19H20N4O2/c1-3-23(14-9-5-4-6-10-14)18-17(20)19(22-13-21-18)25-16-12-8-7-11-15(16)24-2/h4-13H,3,20H2,1-2H3. The Kier molecular flexibility index (Phi) is 4.99. The van der Waals surface area contributed by atoms with E-state index in [1.807, 2.05) is 60.4 Å². The average molecular weight is 336 g/mol. The number of anilines is 3. The molecule has 1 aromatic heterocycles. The summed E-state index contributed by atoms with van der Waals surface area (Å²) < 4.78 is 11.2. The van der Waals surface area contributed by atoms with E-state index in [0.29, 0.717) is 35.4 Å². The quantitative estimate of drug-likeness (QED) is 0.733. The van der Waals surface area contributed by atoms with Crippen LogP contribution >= 0.6 is 0 Å². The molecule has 0 aliphatic heterocycles. The molecule has 6 heteroatoms. The van der Waals surface area contributed by atoms with Crippen LogP contribution in [0.3, 0.4) is 0 Å². The first kappa shape index (κ1) is 16.6. The number of hydrogen-bond donors (Lipinski definition) is 1. The van der Waals surface area contributed by atoms with Crippen LogP contribution in [0, 0.1) is 0 Å². The van der Waals surface area contributed by atoms with Crippen LogP contribution in [-0.2, 0) is 0 Å². The van der Waals surface area contributed by atoms with Crippen LogP contribution in [0.4, 0.5) is 17.2 Å². The molecule has 0 fully saturated rings. The first-order chi connectivity index (χ1) is 12.2. The Morgan fingerprint density at radius 3 is 2.32 bits per heavy atom. The molecule has 128 valence electrons. The van der Waals surface area contributed by atoms with Gasteiger partial charge in [0.15, 0.2) is 17.3 Å². The van der Waals surface area contributed by atoms with Gasteiger partial charge in [0.1, 0.15) is 12.0 Å². The van der Waals surface area contributed by atoms with Crippen molar-refractivity contribution >= 4 is 17.2 Å². The Morgan fingerprint density at radius 2 is 1.64 bits per heavy atom. The lowest BCUT2D eigenvalue weighted by Gasteiger charge is -2.23. The van der Waals surface area contributed by atoms with Crippen molar-refractivity contribution in [2.24, 2.45) is 0 Å². The number of para-hydroxylation sites is 3. The van der Waals surface area contributed by atoms with Crippen molar-refractivity contribution in [1.29, 1.82) is 0 Å². The highest BCUT2D eigenvalue weighted by Gasteiger charge is 2.17. The Hall–Kier alpha value is -3.28. The van der Waals surface area contributed by atoms with Crippen LogP contribution < -0.4 is 20.1 Å². The molecule has 6 nitrogen and oxygen atoms in total. The first-order valence-corrected chi connectivity index (χ1v) is 7.98. The lowest BCUT2D eigenvalue weighted by Crippen LogP contribution is -2.19. The second kappa shape index (κ2) is 7.53. The molecule has 0 unspecified atom stereocenters. The van der Waals surface area contributed by atoms with Crippen molar-refractivity contribution in [2.45, 2.75) is 6.92 Å². The molecule has 0 saturated carbocycles. The van der Waals surface area contributed by atoms with Crippen molar-refractivity contribution in [3.8, 4) is 17.4 Å². The van der Waals surface area contributed by atoms with E-state index in [1.54, 1.807) is 13.2 Å². The number of hydrogen-bond acceptors (Lipinski definition) is 6. The van der Waals surface area contributed by atoms with Gasteiger partial charge in [0.25, 0.3) is 0 Å². The summed E-state index contributed by atoms with van der Waals surface area (Å²) in [7, 11) is 1.59. The topological polar surface area (TPSA) is 73.5 Å². The fraction of sp³-hybridized carbons (Fsp3) is 0.158. The van der Waals surface area contributed by atoms with E-state index < -0.39 is 0 Å². The Morgan fingerprint density at radius 1 is 0.960 bits per heavy atom. The second-order valence-electron chi connectivity index (χ2n) is 5.25. The highest BCUT2D eigenvalue weighted by molar-refractivity contribution is 5.74. The van der Waals surface area contributed by atoms with Crippen molar-refractivity contribution in [1.82, 2.24) is 9.97 Å². The maximum atomic E-state index is 6.30. The summed E-state index contributed by atoms with van der Waals surface area (Å²) in [6.45, 7) is 2.74. The van der Waals surface area contributed by atoms with Crippen LogP contribution in [0.25, 0.3) is 0 Å². The zero-order valence-electron chi connectivity index (χ0n) is 14.2. The smallest absolute Gasteiger partial charge is 0.248 e. The molecule has 2 N–H and O–H groups in total. The predicted molar refractivity (Wildman–Crippen MR) is 98.6 cm³/mol. The molecule has 1 heterocycles. The van der Waals surface area contributed by atoms with Gasteiger partial charge in [-0.3, -0.25) is 0 Å². The molecule has 0 bridgehead atoms. The van der Waals surface area contributed by atoms with Gasteiger partial charge in [0.2, 0.25) is 5.88 Å². The van der Waals surface area contributed by atoms with E-state index in [1.165, 1.54) is 6.33 Å². The minimum absolute atomic E-state index is 0.295. The minimum Gasteiger partial charge on any atom is -0.493 e. The number of nitrogens with two attached hydrogens (primary N) is 1. The molecule has 0 radical (unpaired) electrons. The predicted octanol–water partition coefficient (Wildman–Crippen LogP) is 4.02. The van der Waals surface area contributed by atoms with Crippen molar-refractivity contribution < 1.29 is 9.47 Å². The summed E-state index contributed by atoms with van der Waals surface area (Å²) in [5.41, 5.74) is 7.68. The third-order valence-corrected chi connectivity index (χ3v) is 3.74. The number of methoxy groups -OCH3 is 1. The molecule has 0 atom stereocenters. The average Bonchev–Trinajstić information content (AvgIpc) is 2.66. The van der Waals surface area contributed by atoms with Crippen LogP contribution in [-0.4, -0.2) is 23.6 Å². The molecular weight excluding hydrogens is 316 g/mol. The van der Waals surface area contributed by atoms with E-state index in [2.05, 4.69) is 9.97 Å². The summed E-state index contributed by atoms with van der Waals surface area (Å²) in [4.78, 5) is 10.5. The van der Waals surface area contributed by atoms with Gasteiger partial charge in [-0.05, 0) is 31.2 Å². The molecule has 0 amide bonds. The summed E-state index contributed by atoms with van der Waals surface area (Å²) in [5, 5.41) is 0. The van der Waals surface area contributed by atoms with Gasteiger partial charge in [-0.2, -0.15) is 4.98 Å². The SMILES string of the molecule is CCN(c1ccccc1)c1ncnc(Oc2ccccc2OC)c1N. The fourth-order valence-corrected chi connectivity index (χ4v) is 2.54. The van der Waals surface area contributed by atoms with Crippen LogP contribution in [0.15, 0.2) is 60.9 Å².